The van der Waals surface area contributed by atoms with Crippen molar-refractivity contribution in [2.24, 2.45) is 0 Å². The maximum absolute atomic E-state index is 12.7. The van der Waals surface area contributed by atoms with Crippen LogP contribution in [0.2, 0.25) is 0 Å². The highest BCUT2D eigenvalue weighted by molar-refractivity contribution is 8.00. The van der Waals surface area contributed by atoms with Crippen molar-refractivity contribution in [3.05, 3.63) is 18.0 Å². The Labute approximate surface area is 144 Å². The molecule has 136 valence electrons. The largest absolute Gasteiger partial charge is 0.435 e. The first-order valence-electron chi connectivity index (χ1n) is 8.35. The van der Waals surface area contributed by atoms with Gasteiger partial charge in [-0.3, -0.25) is 9.48 Å². The molecule has 0 aliphatic carbocycles. The molecule has 1 saturated heterocycles. The highest BCUT2D eigenvalue weighted by Gasteiger charge is 2.35. The Balaban J connectivity index is 1.96. The lowest BCUT2D eigenvalue weighted by molar-refractivity contribution is -0.142. The Hall–Kier alpha value is -1.18. The maximum Gasteiger partial charge on any atom is 0.435 e. The molecule has 2 rings (SSSR count). The Bertz CT molecular complexity index is 547. The quantitative estimate of drug-likeness (QED) is 0.718. The van der Waals surface area contributed by atoms with E-state index >= 15 is 0 Å². The van der Waals surface area contributed by atoms with Crippen LogP contribution in [0.3, 0.4) is 0 Å². The molecule has 1 amide bonds. The molecule has 0 N–H and O–H groups in total. The van der Waals surface area contributed by atoms with E-state index in [0.717, 1.165) is 37.5 Å². The van der Waals surface area contributed by atoms with Crippen molar-refractivity contribution in [1.82, 2.24) is 14.7 Å². The van der Waals surface area contributed by atoms with Crippen molar-refractivity contribution in [2.45, 2.75) is 57.0 Å². The number of carbonyl (C=O) groups excluding carboxylic acids is 1. The van der Waals surface area contributed by atoms with E-state index in [9.17, 15) is 18.0 Å². The minimum atomic E-state index is -4.43. The normalized spacial score (nSPS) is 20.2. The number of aromatic nitrogens is 2. The lowest BCUT2D eigenvalue weighted by Gasteiger charge is -2.34. The van der Waals surface area contributed by atoms with Gasteiger partial charge < -0.3 is 4.90 Å². The standard InChI is InChI=1S/C16H24F3N3OS/c1-3-4-10-24-12(2)15(23)21-8-5-6-13(11-21)22-9-7-14(20-22)16(17,18)19/h7,9,12-13H,3-6,8,10-11H2,1-2H3. The van der Waals surface area contributed by atoms with Crippen molar-refractivity contribution in [2.75, 3.05) is 18.8 Å². The molecule has 0 bridgehead atoms. The molecule has 1 aliphatic heterocycles. The Kier molecular flexibility index (Phi) is 6.60. The summed E-state index contributed by atoms with van der Waals surface area (Å²) in [5.41, 5.74) is -0.880. The second-order valence-corrected chi connectivity index (χ2v) is 7.57. The predicted molar refractivity (Wildman–Crippen MR) is 88.9 cm³/mol. The number of halogens is 3. The van der Waals surface area contributed by atoms with Crippen LogP contribution in [0.5, 0.6) is 0 Å². The maximum atomic E-state index is 12.7. The smallest absolute Gasteiger partial charge is 0.340 e. The summed E-state index contributed by atoms with van der Waals surface area (Å²) in [6.45, 7) is 5.11. The fraction of sp³-hybridized carbons (Fsp3) is 0.750. The molecule has 24 heavy (non-hydrogen) atoms. The average Bonchev–Trinajstić information content (AvgIpc) is 3.04. The van der Waals surface area contributed by atoms with Crippen molar-refractivity contribution >= 4 is 17.7 Å². The Morgan fingerprint density at radius 1 is 1.50 bits per heavy atom. The third kappa shape index (κ3) is 4.91. The van der Waals surface area contributed by atoms with Gasteiger partial charge in [-0.25, -0.2) is 0 Å². The van der Waals surface area contributed by atoms with Gasteiger partial charge in [0.1, 0.15) is 0 Å². The average molecular weight is 363 g/mol. The summed E-state index contributed by atoms with van der Waals surface area (Å²) in [4.78, 5) is 14.3. The molecule has 4 nitrogen and oxygen atoms in total. The fourth-order valence-corrected chi connectivity index (χ4v) is 3.90. The lowest BCUT2D eigenvalue weighted by Crippen LogP contribution is -2.44. The zero-order valence-corrected chi connectivity index (χ0v) is 14.9. The van der Waals surface area contributed by atoms with Crippen LogP contribution in [-0.4, -0.2) is 44.7 Å². The minimum absolute atomic E-state index is 0.0732. The SMILES string of the molecule is CCCCSC(C)C(=O)N1CCCC(n2ccc(C(F)(F)F)n2)C1. The van der Waals surface area contributed by atoms with E-state index in [1.165, 1.54) is 10.9 Å². The molecule has 0 spiro atoms. The van der Waals surface area contributed by atoms with Crippen LogP contribution in [-0.2, 0) is 11.0 Å². The second kappa shape index (κ2) is 8.27. The molecule has 1 aromatic rings. The van der Waals surface area contributed by atoms with Crippen molar-refractivity contribution in [3.63, 3.8) is 0 Å². The molecule has 1 fully saturated rings. The zero-order valence-electron chi connectivity index (χ0n) is 14.1. The first-order valence-corrected chi connectivity index (χ1v) is 9.40. The molecule has 2 unspecified atom stereocenters. The first-order chi connectivity index (χ1) is 11.3. The third-order valence-electron chi connectivity index (χ3n) is 4.19. The number of unbranched alkanes of at least 4 members (excludes halogenated alkanes) is 1. The Morgan fingerprint density at radius 2 is 2.25 bits per heavy atom. The van der Waals surface area contributed by atoms with Crippen LogP contribution in [0.4, 0.5) is 13.2 Å². The second-order valence-electron chi connectivity index (χ2n) is 6.13. The van der Waals surface area contributed by atoms with Crippen LogP contribution < -0.4 is 0 Å². The lowest BCUT2D eigenvalue weighted by atomic mass is 10.1. The van der Waals surface area contributed by atoms with Gasteiger partial charge in [0.15, 0.2) is 5.69 Å². The number of piperidine rings is 1. The van der Waals surface area contributed by atoms with E-state index in [1.54, 1.807) is 16.7 Å². The van der Waals surface area contributed by atoms with Gasteiger partial charge in [0.05, 0.1) is 11.3 Å². The van der Waals surface area contributed by atoms with E-state index in [2.05, 4.69) is 12.0 Å². The highest BCUT2D eigenvalue weighted by atomic mass is 32.2. The Morgan fingerprint density at radius 3 is 2.88 bits per heavy atom. The summed E-state index contributed by atoms with van der Waals surface area (Å²) < 4.78 is 39.4. The number of likely N-dealkylation sites (tertiary alicyclic amines) is 1. The summed E-state index contributed by atoms with van der Waals surface area (Å²) in [5.74, 6) is 1.03. The number of carbonyl (C=O) groups is 1. The van der Waals surface area contributed by atoms with Gasteiger partial charge in [-0.15, -0.1) is 11.8 Å². The molecule has 1 aromatic heterocycles. The molecule has 0 aromatic carbocycles. The van der Waals surface area contributed by atoms with Gasteiger partial charge in [-0.05, 0) is 38.0 Å². The van der Waals surface area contributed by atoms with Crippen LogP contribution in [0.15, 0.2) is 12.3 Å². The molecule has 0 saturated carbocycles. The van der Waals surface area contributed by atoms with E-state index in [0.29, 0.717) is 13.1 Å². The molecule has 8 heteroatoms. The van der Waals surface area contributed by atoms with Gasteiger partial charge >= 0.3 is 6.18 Å². The van der Waals surface area contributed by atoms with Crippen LogP contribution >= 0.6 is 11.8 Å². The number of hydrogen-bond acceptors (Lipinski definition) is 3. The molecular weight excluding hydrogens is 339 g/mol. The topological polar surface area (TPSA) is 38.1 Å². The molecule has 2 atom stereocenters. The summed E-state index contributed by atoms with van der Waals surface area (Å²) in [6.07, 6.45) is 0.629. The van der Waals surface area contributed by atoms with Gasteiger partial charge in [-0.1, -0.05) is 13.3 Å². The van der Waals surface area contributed by atoms with Gasteiger partial charge in [0, 0.05) is 19.3 Å². The van der Waals surface area contributed by atoms with Gasteiger partial charge in [-0.2, -0.15) is 18.3 Å². The predicted octanol–water partition coefficient (Wildman–Crippen LogP) is 3.99. The van der Waals surface area contributed by atoms with Crippen LogP contribution in [0.1, 0.15) is 51.3 Å². The number of hydrogen-bond donors (Lipinski definition) is 0. The van der Waals surface area contributed by atoms with Crippen molar-refractivity contribution in [3.8, 4) is 0 Å². The number of nitrogens with zero attached hydrogens (tertiary/aromatic N) is 3. The molecule has 0 radical (unpaired) electrons. The number of amides is 1. The number of thioether (sulfide) groups is 1. The zero-order chi connectivity index (χ0) is 17.7. The number of rotatable bonds is 6. The van der Waals surface area contributed by atoms with Crippen molar-refractivity contribution in [1.29, 1.82) is 0 Å². The summed E-state index contributed by atoms with van der Waals surface area (Å²) >= 11 is 1.64. The summed E-state index contributed by atoms with van der Waals surface area (Å²) in [6, 6.07) is 0.802. The van der Waals surface area contributed by atoms with E-state index < -0.39 is 11.9 Å². The minimum Gasteiger partial charge on any atom is -0.340 e. The monoisotopic (exact) mass is 363 g/mol. The van der Waals surface area contributed by atoms with Crippen molar-refractivity contribution < 1.29 is 18.0 Å². The van der Waals surface area contributed by atoms with E-state index in [-0.39, 0.29) is 17.2 Å². The summed E-state index contributed by atoms with van der Waals surface area (Å²) in [5, 5.41) is 3.54. The number of alkyl halides is 3. The van der Waals surface area contributed by atoms with E-state index in [1.807, 2.05) is 6.92 Å². The van der Waals surface area contributed by atoms with E-state index in [4.69, 9.17) is 0 Å². The molecule has 2 heterocycles. The third-order valence-corrected chi connectivity index (χ3v) is 5.42. The summed E-state index contributed by atoms with van der Waals surface area (Å²) in [7, 11) is 0. The molecular formula is C16H24F3N3OS. The highest BCUT2D eigenvalue weighted by Crippen LogP contribution is 2.29. The van der Waals surface area contributed by atoms with Gasteiger partial charge in [0.25, 0.3) is 0 Å². The van der Waals surface area contributed by atoms with Crippen LogP contribution in [0, 0.1) is 0 Å². The van der Waals surface area contributed by atoms with Gasteiger partial charge in [0.2, 0.25) is 5.91 Å². The first kappa shape index (κ1) is 19.1. The van der Waals surface area contributed by atoms with Crippen LogP contribution in [0.25, 0.3) is 0 Å². The molecule has 1 aliphatic rings. The fourth-order valence-electron chi connectivity index (χ4n) is 2.80.